The van der Waals surface area contributed by atoms with Crippen LogP contribution in [0.4, 0.5) is 22.7 Å². The van der Waals surface area contributed by atoms with E-state index in [1.165, 1.54) is 28.8 Å². The molecule has 13 heteroatoms. The average molecular weight is 630 g/mol. The van der Waals surface area contributed by atoms with Gasteiger partial charge in [0.2, 0.25) is 17.7 Å². The van der Waals surface area contributed by atoms with E-state index in [1.54, 1.807) is 6.07 Å². The topological polar surface area (TPSA) is 135 Å². The van der Waals surface area contributed by atoms with Crippen molar-refractivity contribution in [1.29, 1.82) is 0 Å². The molecule has 0 bridgehead atoms. The molecular weight excluding hydrogens is 603 g/mol. The number of non-ortho nitro benzene ring substituents is 1. The van der Waals surface area contributed by atoms with Crippen LogP contribution in [0.5, 0.6) is 0 Å². The second kappa shape index (κ2) is 11.4. The fourth-order valence-corrected chi connectivity index (χ4v) is 8.39. The summed E-state index contributed by atoms with van der Waals surface area (Å²) in [4.78, 5) is 68.4. The number of thiazole rings is 1. The van der Waals surface area contributed by atoms with Crippen molar-refractivity contribution >= 4 is 63.6 Å². The first-order valence-corrected chi connectivity index (χ1v) is 15.4. The summed E-state index contributed by atoms with van der Waals surface area (Å²) >= 11 is 2.09. The smallest absolute Gasteiger partial charge is 0.308 e. The first-order chi connectivity index (χ1) is 21.0. The predicted octanol–water partition coefficient (Wildman–Crippen LogP) is 4.63. The number of nitro benzene ring substituents is 1. The number of nitro groups is 1. The van der Waals surface area contributed by atoms with E-state index in [2.05, 4.69) is 5.32 Å². The van der Waals surface area contributed by atoms with Crippen molar-refractivity contribution < 1.29 is 19.3 Å². The zero-order valence-electron chi connectivity index (χ0n) is 23.9. The molecule has 1 fully saturated rings. The number of amides is 3. The van der Waals surface area contributed by atoms with Gasteiger partial charge in [0.25, 0.3) is 5.69 Å². The number of carbonyl (C=O) groups excluding carboxylic acids is 3. The van der Waals surface area contributed by atoms with Crippen molar-refractivity contribution in [2.45, 2.75) is 29.7 Å². The molecule has 0 radical (unpaired) electrons. The first-order valence-electron chi connectivity index (χ1n) is 13.7. The van der Waals surface area contributed by atoms with Gasteiger partial charge in [-0.2, -0.15) is 0 Å². The van der Waals surface area contributed by atoms with Crippen LogP contribution >= 0.6 is 23.1 Å². The number of nitrogens with one attached hydrogen (secondary N) is 1. The Labute approximate surface area is 260 Å². The van der Waals surface area contributed by atoms with Crippen LogP contribution in [0.3, 0.4) is 0 Å². The molecule has 6 rings (SSSR count). The molecule has 11 nitrogen and oxygen atoms in total. The van der Waals surface area contributed by atoms with E-state index in [-0.39, 0.29) is 22.8 Å². The highest BCUT2D eigenvalue weighted by molar-refractivity contribution is 8.00. The van der Waals surface area contributed by atoms with Gasteiger partial charge in [-0.25, -0.2) is 4.90 Å². The minimum absolute atomic E-state index is 0.159. The lowest BCUT2D eigenvalue weighted by Crippen LogP contribution is -2.33. The Morgan fingerprint density at radius 3 is 2.30 bits per heavy atom. The minimum atomic E-state index is -0.872. The quantitative estimate of drug-likeness (QED) is 0.178. The fraction of sp³-hybridized carbons (Fsp3) is 0.226. The maximum atomic E-state index is 14.0. The molecule has 2 aliphatic rings. The second-order valence-electron chi connectivity index (χ2n) is 10.8. The van der Waals surface area contributed by atoms with E-state index in [1.807, 2.05) is 68.4 Å². The average Bonchev–Trinajstić information content (AvgIpc) is 3.44. The number of fused-ring (bicyclic) bond motifs is 2. The molecule has 3 amide bonds. The summed E-state index contributed by atoms with van der Waals surface area (Å²) in [5, 5.41) is 13.7. The zero-order valence-corrected chi connectivity index (χ0v) is 25.6. The summed E-state index contributed by atoms with van der Waals surface area (Å²) in [7, 11) is 3.82. The van der Waals surface area contributed by atoms with Gasteiger partial charge in [0, 0.05) is 48.4 Å². The van der Waals surface area contributed by atoms with Gasteiger partial charge in [-0.1, -0.05) is 53.4 Å². The second-order valence-corrected chi connectivity index (χ2v) is 12.9. The lowest BCUT2D eigenvalue weighted by molar-refractivity contribution is -0.384. The summed E-state index contributed by atoms with van der Waals surface area (Å²) in [5.74, 6) is -2.76. The van der Waals surface area contributed by atoms with Crippen LogP contribution in [0, 0.1) is 23.0 Å². The number of imide groups is 1. The highest BCUT2D eigenvalue weighted by atomic mass is 32.2. The number of nitrogens with zero attached hydrogens (tertiary/aromatic N) is 4. The molecule has 1 N–H and O–H groups in total. The van der Waals surface area contributed by atoms with Gasteiger partial charge in [-0.3, -0.25) is 33.9 Å². The van der Waals surface area contributed by atoms with Crippen LogP contribution in [0.25, 0.3) is 0 Å². The molecule has 2 aliphatic heterocycles. The highest BCUT2D eigenvalue weighted by Gasteiger charge is 2.56. The lowest BCUT2D eigenvalue weighted by Gasteiger charge is -2.31. The van der Waals surface area contributed by atoms with E-state index in [9.17, 15) is 29.3 Å². The number of anilines is 3. The lowest BCUT2D eigenvalue weighted by atomic mass is 9.83. The molecular formula is C31H27N5O6S2. The Bertz CT molecular complexity index is 1870. The van der Waals surface area contributed by atoms with Crippen LogP contribution in [0.15, 0.2) is 82.6 Å². The van der Waals surface area contributed by atoms with Crippen molar-refractivity contribution in [2.75, 3.05) is 29.2 Å². The first kappa shape index (κ1) is 29.3. The van der Waals surface area contributed by atoms with Crippen molar-refractivity contribution in [2.24, 2.45) is 5.92 Å². The van der Waals surface area contributed by atoms with Gasteiger partial charge < -0.3 is 10.2 Å². The fourth-order valence-electron chi connectivity index (χ4n) is 5.62. The molecule has 3 aromatic carbocycles. The van der Waals surface area contributed by atoms with E-state index in [4.69, 9.17) is 0 Å². The monoisotopic (exact) mass is 629 g/mol. The molecule has 2 unspecified atom stereocenters. The number of aromatic nitrogens is 1. The van der Waals surface area contributed by atoms with Gasteiger partial charge in [-0.15, -0.1) is 0 Å². The van der Waals surface area contributed by atoms with E-state index < -0.39 is 39.7 Å². The molecule has 3 atom stereocenters. The number of thioether (sulfide) groups is 1. The number of hydrogen-bond acceptors (Lipinski definition) is 9. The third kappa shape index (κ3) is 5.07. The van der Waals surface area contributed by atoms with Crippen LogP contribution in [-0.2, 0) is 20.9 Å². The Kier molecular flexibility index (Phi) is 7.59. The molecule has 224 valence electrons. The maximum absolute atomic E-state index is 14.0. The largest absolute Gasteiger partial charge is 0.378 e. The molecule has 4 aromatic rings. The third-order valence-electron chi connectivity index (χ3n) is 7.86. The molecule has 0 spiro atoms. The molecule has 0 saturated carbocycles. The normalized spacial score (nSPS) is 19.0. The highest BCUT2D eigenvalue weighted by Crippen LogP contribution is 2.54. The molecule has 3 heterocycles. The van der Waals surface area contributed by atoms with Gasteiger partial charge in [-0.05, 0) is 48.4 Å². The predicted molar refractivity (Wildman–Crippen MR) is 170 cm³/mol. The van der Waals surface area contributed by atoms with Crippen LogP contribution in [-0.4, -0.2) is 46.6 Å². The molecule has 1 saturated heterocycles. The minimum Gasteiger partial charge on any atom is -0.378 e. The van der Waals surface area contributed by atoms with Gasteiger partial charge in [0.05, 0.1) is 21.6 Å². The molecule has 0 aliphatic carbocycles. The summed E-state index contributed by atoms with van der Waals surface area (Å²) in [6, 6.07) is 20.2. The molecule has 44 heavy (non-hydrogen) atoms. The van der Waals surface area contributed by atoms with Gasteiger partial charge >= 0.3 is 4.87 Å². The Morgan fingerprint density at radius 2 is 1.66 bits per heavy atom. The summed E-state index contributed by atoms with van der Waals surface area (Å²) in [6.07, 6.45) is 0. The number of rotatable bonds is 7. The summed E-state index contributed by atoms with van der Waals surface area (Å²) in [5.41, 5.74) is 3.29. The maximum Gasteiger partial charge on any atom is 0.308 e. The van der Waals surface area contributed by atoms with E-state index in [0.29, 0.717) is 15.6 Å². The van der Waals surface area contributed by atoms with Crippen molar-refractivity contribution in [3.8, 4) is 0 Å². The van der Waals surface area contributed by atoms with Crippen molar-refractivity contribution in [3.63, 3.8) is 0 Å². The number of aryl methyl sites for hydroxylation is 1. The summed E-state index contributed by atoms with van der Waals surface area (Å²) in [6.45, 7) is 1.61. The molecule has 1 aromatic heterocycles. The van der Waals surface area contributed by atoms with Crippen LogP contribution in [0.1, 0.15) is 21.9 Å². The Morgan fingerprint density at radius 1 is 0.977 bits per heavy atom. The van der Waals surface area contributed by atoms with E-state index in [0.717, 1.165) is 44.8 Å². The van der Waals surface area contributed by atoms with Crippen molar-refractivity contribution in [1.82, 2.24) is 4.57 Å². The SMILES string of the molecule is Cc1ccccc1NC(=O)Cn1c2c(sc1=O)[C@H](c1ccc(N(C)C)cc1)C1C(=O)N(c3ccc([N+](=O)[O-])cc3)C(=O)C1S2. The number of hydrogen-bond donors (Lipinski definition) is 1. The standard InChI is InChI=1S/C31H27N5O6S2/c1-17-6-4-5-7-22(17)32-23(37)16-34-30-27(44-31(34)40)24(18-8-10-19(11-9-18)33(2)3)25-26(43-30)29(39)35(28(25)38)20-12-14-21(15-13-20)36(41)42/h4-15,24-26H,16H2,1-3H3,(H,32,37)/t24-,25?,26?/m1/s1. The van der Waals surface area contributed by atoms with E-state index >= 15 is 0 Å². The Balaban J connectivity index is 1.41. The number of para-hydroxylation sites is 1. The van der Waals surface area contributed by atoms with Crippen LogP contribution < -0.4 is 20.0 Å². The number of carbonyl (C=O) groups is 3. The van der Waals surface area contributed by atoms with Crippen molar-refractivity contribution in [3.05, 3.63) is 109 Å². The number of benzene rings is 3. The van der Waals surface area contributed by atoms with Crippen LogP contribution in [0.2, 0.25) is 0 Å². The third-order valence-corrected chi connectivity index (χ3v) is 10.5. The Hall–Kier alpha value is -4.75. The van der Waals surface area contributed by atoms with Gasteiger partial charge in [0.1, 0.15) is 11.8 Å². The van der Waals surface area contributed by atoms with Gasteiger partial charge in [0.15, 0.2) is 0 Å². The summed E-state index contributed by atoms with van der Waals surface area (Å²) < 4.78 is 1.38. The zero-order chi connectivity index (χ0) is 31.3.